The molecule has 1 aliphatic carbocycles. The molecule has 34 heavy (non-hydrogen) atoms. The highest BCUT2D eigenvalue weighted by molar-refractivity contribution is 7.92. The van der Waals surface area contributed by atoms with E-state index in [9.17, 15) is 26.0 Å². The molecule has 4 rings (SSSR count). The molecule has 3 aromatic rings. The van der Waals surface area contributed by atoms with Crippen molar-refractivity contribution in [2.24, 2.45) is 0 Å². The highest BCUT2D eigenvalue weighted by atomic mass is 32.2. The Bertz CT molecular complexity index is 1230. The van der Waals surface area contributed by atoms with Crippen LogP contribution in [0.1, 0.15) is 43.7 Å². The number of hydrogen-bond donors (Lipinski definition) is 0. The Hall–Kier alpha value is -2.87. The van der Waals surface area contributed by atoms with Crippen LogP contribution in [0, 0.1) is 5.82 Å². The molecular formula is C26H24F4O3S. The normalized spacial score (nSPS) is 17.8. The van der Waals surface area contributed by atoms with E-state index in [1.807, 2.05) is 0 Å². The quantitative estimate of drug-likeness (QED) is 0.277. The van der Waals surface area contributed by atoms with Crippen LogP contribution in [-0.4, -0.2) is 14.6 Å². The van der Waals surface area contributed by atoms with Gasteiger partial charge >= 0.3 is 6.18 Å². The molecule has 0 spiro atoms. The summed E-state index contributed by atoms with van der Waals surface area (Å²) in [6.07, 6.45) is -2.72. The summed E-state index contributed by atoms with van der Waals surface area (Å²) in [4.78, 5) is -0.00702. The second-order valence-corrected chi connectivity index (χ2v) is 10.9. The molecule has 1 unspecified atom stereocenters. The molecule has 0 aromatic heterocycles. The van der Waals surface area contributed by atoms with Crippen molar-refractivity contribution in [3.63, 3.8) is 0 Å². The third-order valence-corrected chi connectivity index (χ3v) is 9.18. The van der Waals surface area contributed by atoms with Gasteiger partial charge in [0, 0.05) is 5.56 Å². The molecular weight excluding hydrogens is 468 g/mol. The fraction of sp³-hybridized carbons (Fsp3) is 0.308. The second kappa shape index (κ2) is 8.73. The van der Waals surface area contributed by atoms with Gasteiger partial charge in [-0.3, -0.25) is 0 Å². The lowest BCUT2D eigenvalue weighted by molar-refractivity contribution is -0.247. The van der Waals surface area contributed by atoms with Gasteiger partial charge in [0.1, 0.15) is 16.3 Å². The number of hydrogen-bond acceptors (Lipinski definition) is 3. The summed E-state index contributed by atoms with van der Waals surface area (Å²) in [6, 6.07) is 17.8. The molecule has 0 aliphatic heterocycles. The van der Waals surface area contributed by atoms with Crippen molar-refractivity contribution < 1.29 is 30.7 Å². The molecule has 1 saturated carbocycles. The second-order valence-electron chi connectivity index (χ2n) is 8.68. The Kier molecular flexibility index (Phi) is 6.23. The van der Waals surface area contributed by atoms with Crippen LogP contribution in [0.3, 0.4) is 0 Å². The third-order valence-electron chi connectivity index (χ3n) is 6.62. The highest BCUT2D eigenvalue weighted by Gasteiger charge is 2.55. The summed E-state index contributed by atoms with van der Waals surface area (Å²) in [6.45, 7) is 0.954. The number of para-hydroxylation sites is 1. The van der Waals surface area contributed by atoms with Crippen LogP contribution in [0.5, 0.6) is 5.75 Å². The van der Waals surface area contributed by atoms with E-state index in [0.29, 0.717) is 31.2 Å². The molecule has 3 aromatic carbocycles. The minimum absolute atomic E-state index is 0.00702. The van der Waals surface area contributed by atoms with Crippen LogP contribution in [0.25, 0.3) is 0 Å². The lowest BCUT2D eigenvalue weighted by atomic mass is 9.90. The monoisotopic (exact) mass is 492 g/mol. The number of ether oxygens (including phenoxy) is 1. The van der Waals surface area contributed by atoms with Crippen LogP contribution in [-0.2, 0) is 20.2 Å². The Morgan fingerprint density at radius 1 is 0.824 bits per heavy atom. The molecule has 1 atom stereocenters. The molecule has 0 amide bonds. The van der Waals surface area contributed by atoms with Gasteiger partial charge in [-0.1, -0.05) is 55.3 Å². The van der Waals surface area contributed by atoms with Crippen LogP contribution < -0.4 is 4.74 Å². The highest BCUT2D eigenvalue weighted by Crippen LogP contribution is 2.49. The average molecular weight is 493 g/mol. The summed E-state index contributed by atoms with van der Waals surface area (Å²) in [5, 5.41) is 0. The largest absolute Gasteiger partial charge is 0.473 e. The summed E-state index contributed by atoms with van der Waals surface area (Å²) in [5.41, 5.74) is -2.35. The Labute approximate surface area is 196 Å². The van der Waals surface area contributed by atoms with E-state index in [1.165, 1.54) is 48.5 Å². The first-order valence-corrected chi connectivity index (χ1v) is 12.4. The van der Waals surface area contributed by atoms with Crippen molar-refractivity contribution in [3.8, 4) is 5.75 Å². The summed E-state index contributed by atoms with van der Waals surface area (Å²) < 4.78 is 87.2. The van der Waals surface area contributed by atoms with Gasteiger partial charge in [0.15, 0.2) is 9.84 Å². The fourth-order valence-corrected chi connectivity index (χ4v) is 6.81. The van der Waals surface area contributed by atoms with E-state index in [0.717, 1.165) is 19.1 Å². The smallest absolute Gasteiger partial charge is 0.432 e. The van der Waals surface area contributed by atoms with Gasteiger partial charge in [0.2, 0.25) is 5.60 Å². The maximum atomic E-state index is 14.1. The molecule has 8 heteroatoms. The summed E-state index contributed by atoms with van der Waals surface area (Å²) in [5.74, 6) is -0.480. The fourth-order valence-electron chi connectivity index (χ4n) is 4.59. The number of sulfone groups is 1. The molecule has 0 bridgehead atoms. The third kappa shape index (κ3) is 4.08. The zero-order valence-corrected chi connectivity index (χ0v) is 19.3. The molecule has 0 N–H and O–H groups in total. The van der Waals surface area contributed by atoms with Gasteiger partial charge in [0.25, 0.3) is 0 Å². The molecule has 1 fully saturated rings. The topological polar surface area (TPSA) is 43.4 Å². The van der Waals surface area contributed by atoms with Crippen LogP contribution in [0.2, 0.25) is 0 Å². The van der Waals surface area contributed by atoms with Crippen molar-refractivity contribution >= 4 is 9.84 Å². The van der Waals surface area contributed by atoms with Gasteiger partial charge < -0.3 is 4.74 Å². The summed E-state index contributed by atoms with van der Waals surface area (Å²) >= 11 is 0. The number of rotatable bonds is 6. The van der Waals surface area contributed by atoms with E-state index in [2.05, 4.69) is 0 Å². The predicted molar refractivity (Wildman–Crippen MR) is 121 cm³/mol. The van der Waals surface area contributed by atoms with Crippen LogP contribution >= 0.6 is 0 Å². The number of benzene rings is 3. The van der Waals surface area contributed by atoms with E-state index >= 15 is 0 Å². The molecule has 0 heterocycles. The Balaban J connectivity index is 1.75. The minimum atomic E-state index is -4.73. The van der Waals surface area contributed by atoms with Gasteiger partial charge in [-0.05, 0) is 61.7 Å². The number of halogens is 4. The van der Waals surface area contributed by atoms with Gasteiger partial charge in [-0.2, -0.15) is 13.2 Å². The van der Waals surface area contributed by atoms with Gasteiger partial charge in [0.05, 0.1) is 4.90 Å². The van der Waals surface area contributed by atoms with E-state index in [-0.39, 0.29) is 16.2 Å². The molecule has 0 radical (unpaired) electrons. The standard InChI is InChI=1S/C26H24F4O3S/c1-24(26(28,29)30,33-22-7-3-2-4-8-22)19-9-11-20(12-10-19)25(17-5-6-18-25)34(31,32)23-15-13-21(27)14-16-23/h2-4,7-16H,5-6,17-18H2,1H3. The maximum absolute atomic E-state index is 14.1. The van der Waals surface area contributed by atoms with Gasteiger partial charge in [-0.15, -0.1) is 0 Å². The molecule has 1 aliphatic rings. The van der Waals surface area contributed by atoms with Crippen molar-refractivity contribution in [2.75, 3.05) is 0 Å². The molecule has 3 nitrogen and oxygen atoms in total. The SMILES string of the molecule is CC(Oc1ccccc1)(c1ccc(C2(S(=O)(=O)c3ccc(F)cc3)CCCC2)cc1)C(F)(F)F. The Morgan fingerprint density at radius 2 is 1.38 bits per heavy atom. The first-order chi connectivity index (χ1) is 16.0. The van der Waals surface area contributed by atoms with Crippen molar-refractivity contribution in [1.82, 2.24) is 0 Å². The van der Waals surface area contributed by atoms with Crippen LogP contribution in [0.4, 0.5) is 17.6 Å². The van der Waals surface area contributed by atoms with E-state index in [1.54, 1.807) is 18.2 Å². The van der Waals surface area contributed by atoms with Crippen molar-refractivity contribution in [1.29, 1.82) is 0 Å². The lowest BCUT2D eigenvalue weighted by Gasteiger charge is -2.34. The average Bonchev–Trinajstić information content (AvgIpc) is 3.31. The first kappa shape index (κ1) is 24.3. The zero-order valence-electron chi connectivity index (χ0n) is 18.5. The first-order valence-electron chi connectivity index (χ1n) is 10.9. The van der Waals surface area contributed by atoms with Crippen molar-refractivity contribution in [3.05, 3.63) is 95.8 Å². The zero-order chi connectivity index (χ0) is 24.6. The Morgan fingerprint density at radius 3 is 1.91 bits per heavy atom. The van der Waals surface area contributed by atoms with Crippen molar-refractivity contribution in [2.45, 2.75) is 54.0 Å². The molecule has 0 saturated heterocycles. The lowest BCUT2D eigenvalue weighted by Crippen LogP contribution is -2.45. The van der Waals surface area contributed by atoms with Gasteiger partial charge in [-0.25, -0.2) is 12.8 Å². The molecule has 180 valence electrons. The minimum Gasteiger partial charge on any atom is -0.473 e. The summed E-state index contributed by atoms with van der Waals surface area (Å²) in [7, 11) is -3.92. The van der Waals surface area contributed by atoms with Crippen LogP contribution in [0.15, 0.2) is 83.8 Å². The maximum Gasteiger partial charge on any atom is 0.432 e. The van der Waals surface area contributed by atoms with E-state index < -0.39 is 32.2 Å². The predicted octanol–water partition coefficient (Wildman–Crippen LogP) is 6.93. The van der Waals surface area contributed by atoms with E-state index in [4.69, 9.17) is 4.74 Å². The number of alkyl halides is 3.